The van der Waals surface area contributed by atoms with Gasteiger partial charge in [0.15, 0.2) is 0 Å². The van der Waals surface area contributed by atoms with Crippen LogP contribution in [0.2, 0.25) is 0 Å². The number of ether oxygens (including phenoxy) is 1. The lowest BCUT2D eigenvalue weighted by atomic mass is 10.2. The van der Waals surface area contributed by atoms with Gasteiger partial charge in [-0.05, 0) is 18.6 Å². The van der Waals surface area contributed by atoms with Crippen LogP contribution in [0.3, 0.4) is 0 Å². The van der Waals surface area contributed by atoms with Crippen molar-refractivity contribution < 1.29 is 13.9 Å². The van der Waals surface area contributed by atoms with E-state index in [-0.39, 0.29) is 18.1 Å². The molecule has 0 radical (unpaired) electrons. The lowest BCUT2D eigenvalue weighted by molar-refractivity contribution is -0.132. The topological polar surface area (TPSA) is 54.7 Å². The lowest BCUT2D eigenvalue weighted by Crippen LogP contribution is -2.41. The van der Waals surface area contributed by atoms with E-state index in [1.165, 1.54) is 0 Å². The van der Waals surface area contributed by atoms with E-state index in [2.05, 4.69) is 5.32 Å². The summed E-state index contributed by atoms with van der Waals surface area (Å²) in [6, 6.07) is 3.55. The summed E-state index contributed by atoms with van der Waals surface area (Å²) in [7, 11) is 3.46. The number of furan rings is 1. The van der Waals surface area contributed by atoms with Crippen LogP contribution in [0.15, 0.2) is 22.8 Å². The number of hydrogen-bond acceptors (Lipinski definition) is 4. The van der Waals surface area contributed by atoms with Crippen molar-refractivity contribution in [3.63, 3.8) is 0 Å². The molecule has 1 aromatic rings. The summed E-state index contributed by atoms with van der Waals surface area (Å²) < 4.78 is 10.4. The lowest BCUT2D eigenvalue weighted by Gasteiger charge is -2.20. The summed E-state index contributed by atoms with van der Waals surface area (Å²) in [4.78, 5) is 13.8. The highest BCUT2D eigenvalue weighted by molar-refractivity contribution is 5.82. The van der Waals surface area contributed by atoms with Gasteiger partial charge in [-0.3, -0.25) is 4.79 Å². The predicted octanol–water partition coefficient (Wildman–Crippen LogP) is 0.615. The van der Waals surface area contributed by atoms with Crippen LogP contribution in [0.25, 0.3) is 0 Å². The highest BCUT2D eigenvalue weighted by Crippen LogP contribution is 2.13. The van der Waals surface area contributed by atoms with Gasteiger partial charge >= 0.3 is 0 Å². The molecule has 1 aliphatic rings. The Morgan fingerprint density at radius 1 is 1.71 bits per heavy atom. The summed E-state index contributed by atoms with van der Waals surface area (Å²) in [5.41, 5.74) is 0. The Balaban J connectivity index is 1.87. The van der Waals surface area contributed by atoms with E-state index in [1.807, 2.05) is 12.1 Å². The zero-order valence-electron chi connectivity index (χ0n) is 10.2. The molecule has 1 aliphatic heterocycles. The number of methoxy groups -OCH3 is 1. The first kappa shape index (κ1) is 12.1. The second-order valence-electron chi connectivity index (χ2n) is 4.33. The number of hydrogen-bond donors (Lipinski definition) is 1. The van der Waals surface area contributed by atoms with Crippen molar-refractivity contribution in [2.45, 2.75) is 25.1 Å². The largest absolute Gasteiger partial charge is 0.467 e. The minimum atomic E-state index is -0.139. The number of nitrogens with one attached hydrogen (secondary N) is 1. The Morgan fingerprint density at radius 2 is 2.53 bits per heavy atom. The molecular formula is C12H18N2O3. The van der Waals surface area contributed by atoms with Crippen molar-refractivity contribution in [2.75, 3.05) is 20.7 Å². The standard InChI is InChI=1S/C12H18N2O3/c1-14(8-9-4-3-5-17-9)12(15)11-6-10(16-2)7-13-11/h3-5,10-11,13H,6-8H2,1-2H3. The summed E-state index contributed by atoms with van der Waals surface area (Å²) >= 11 is 0. The molecule has 1 aromatic heterocycles. The summed E-state index contributed by atoms with van der Waals surface area (Å²) in [6.07, 6.45) is 2.49. The maximum absolute atomic E-state index is 12.1. The minimum Gasteiger partial charge on any atom is -0.467 e. The van der Waals surface area contributed by atoms with Gasteiger partial charge in [-0.25, -0.2) is 0 Å². The van der Waals surface area contributed by atoms with Gasteiger partial charge in [0.05, 0.1) is 25.0 Å². The molecule has 2 rings (SSSR count). The van der Waals surface area contributed by atoms with Crippen LogP contribution in [0.5, 0.6) is 0 Å². The molecule has 5 nitrogen and oxygen atoms in total. The predicted molar refractivity (Wildman–Crippen MR) is 62.4 cm³/mol. The van der Waals surface area contributed by atoms with Gasteiger partial charge in [0.25, 0.3) is 0 Å². The van der Waals surface area contributed by atoms with Crippen molar-refractivity contribution in [3.05, 3.63) is 24.2 Å². The van der Waals surface area contributed by atoms with E-state index in [0.29, 0.717) is 6.54 Å². The molecule has 0 saturated carbocycles. The zero-order chi connectivity index (χ0) is 12.3. The molecule has 0 spiro atoms. The highest BCUT2D eigenvalue weighted by Gasteiger charge is 2.31. The molecule has 1 amide bonds. The number of carbonyl (C=O) groups is 1. The number of likely N-dealkylation sites (N-methyl/N-ethyl adjacent to an activating group) is 1. The van der Waals surface area contributed by atoms with Gasteiger partial charge in [-0.2, -0.15) is 0 Å². The van der Waals surface area contributed by atoms with Crippen LogP contribution in [0.1, 0.15) is 12.2 Å². The summed E-state index contributed by atoms with van der Waals surface area (Å²) in [6.45, 7) is 1.24. The first-order chi connectivity index (χ1) is 8.20. The molecule has 0 aliphatic carbocycles. The Hall–Kier alpha value is -1.33. The fourth-order valence-electron chi connectivity index (χ4n) is 2.05. The normalized spacial score (nSPS) is 23.9. The first-order valence-electron chi connectivity index (χ1n) is 5.74. The Morgan fingerprint density at radius 3 is 3.12 bits per heavy atom. The van der Waals surface area contributed by atoms with Crippen molar-refractivity contribution in [2.24, 2.45) is 0 Å². The van der Waals surface area contributed by atoms with E-state index < -0.39 is 0 Å². The Bertz CT molecular complexity index is 364. The maximum Gasteiger partial charge on any atom is 0.239 e. The molecule has 0 bridgehead atoms. The third-order valence-corrected chi connectivity index (χ3v) is 3.07. The van der Waals surface area contributed by atoms with Crippen molar-refractivity contribution in [1.29, 1.82) is 0 Å². The third-order valence-electron chi connectivity index (χ3n) is 3.07. The number of amides is 1. The van der Waals surface area contributed by atoms with Gasteiger partial charge in [-0.15, -0.1) is 0 Å². The Labute approximate surface area is 101 Å². The van der Waals surface area contributed by atoms with Gasteiger partial charge in [0, 0.05) is 20.7 Å². The zero-order valence-corrected chi connectivity index (χ0v) is 10.2. The van der Waals surface area contributed by atoms with E-state index in [9.17, 15) is 4.79 Å². The maximum atomic E-state index is 12.1. The average Bonchev–Trinajstić information content (AvgIpc) is 2.98. The fraction of sp³-hybridized carbons (Fsp3) is 0.583. The van der Waals surface area contributed by atoms with Crippen LogP contribution in [-0.2, 0) is 16.1 Å². The molecule has 5 heteroatoms. The molecule has 1 N–H and O–H groups in total. The monoisotopic (exact) mass is 238 g/mol. The molecule has 0 aromatic carbocycles. The molecule has 2 heterocycles. The van der Waals surface area contributed by atoms with Crippen LogP contribution in [0.4, 0.5) is 0 Å². The van der Waals surface area contributed by atoms with Gasteiger partial charge in [0.1, 0.15) is 5.76 Å². The SMILES string of the molecule is COC1CNC(C(=O)N(C)Cc2ccco2)C1. The second-order valence-corrected chi connectivity index (χ2v) is 4.33. The number of rotatable bonds is 4. The third kappa shape index (κ3) is 2.87. The summed E-state index contributed by atoms with van der Waals surface area (Å²) in [5.74, 6) is 0.878. The van der Waals surface area contributed by atoms with Crippen LogP contribution < -0.4 is 5.32 Å². The summed E-state index contributed by atoms with van der Waals surface area (Å²) in [5, 5.41) is 3.17. The molecular weight excluding hydrogens is 220 g/mol. The quantitative estimate of drug-likeness (QED) is 0.835. The smallest absolute Gasteiger partial charge is 0.239 e. The van der Waals surface area contributed by atoms with E-state index in [4.69, 9.17) is 9.15 Å². The average molecular weight is 238 g/mol. The highest BCUT2D eigenvalue weighted by atomic mass is 16.5. The second kappa shape index (κ2) is 5.33. The van der Waals surface area contributed by atoms with Gasteiger partial charge < -0.3 is 19.4 Å². The Kier molecular flexibility index (Phi) is 3.81. The minimum absolute atomic E-state index is 0.0842. The number of carbonyl (C=O) groups excluding carboxylic acids is 1. The molecule has 94 valence electrons. The van der Waals surface area contributed by atoms with E-state index in [1.54, 1.807) is 25.3 Å². The van der Waals surface area contributed by atoms with Gasteiger partial charge in [-0.1, -0.05) is 0 Å². The van der Waals surface area contributed by atoms with Crippen molar-refractivity contribution in [3.8, 4) is 0 Å². The van der Waals surface area contributed by atoms with Crippen molar-refractivity contribution >= 4 is 5.91 Å². The molecule has 2 unspecified atom stereocenters. The molecule has 1 saturated heterocycles. The molecule has 2 atom stereocenters. The molecule has 17 heavy (non-hydrogen) atoms. The van der Waals surface area contributed by atoms with Gasteiger partial charge in [0.2, 0.25) is 5.91 Å². The first-order valence-corrected chi connectivity index (χ1v) is 5.74. The fourth-order valence-corrected chi connectivity index (χ4v) is 2.05. The van der Waals surface area contributed by atoms with Crippen LogP contribution in [0, 0.1) is 0 Å². The number of nitrogens with zero attached hydrogens (tertiary/aromatic N) is 1. The van der Waals surface area contributed by atoms with Crippen LogP contribution >= 0.6 is 0 Å². The van der Waals surface area contributed by atoms with E-state index in [0.717, 1.165) is 18.7 Å². The van der Waals surface area contributed by atoms with E-state index >= 15 is 0 Å². The van der Waals surface area contributed by atoms with Crippen LogP contribution in [-0.4, -0.2) is 43.7 Å². The van der Waals surface area contributed by atoms with Crippen molar-refractivity contribution in [1.82, 2.24) is 10.2 Å². The molecule has 1 fully saturated rings.